The second-order valence-corrected chi connectivity index (χ2v) is 7.94. The van der Waals surface area contributed by atoms with Gasteiger partial charge in [0.15, 0.2) is 5.01 Å². The molecule has 30 heavy (non-hydrogen) atoms. The van der Waals surface area contributed by atoms with E-state index in [-0.39, 0.29) is 17.5 Å². The summed E-state index contributed by atoms with van der Waals surface area (Å²) in [7, 11) is 1.66. The Morgan fingerprint density at radius 2 is 2.17 bits per heavy atom. The number of carbonyl (C=O) groups is 2. The maximum atomic E-state index is 12.8. The predicted molar refractivity (Wildman–Crippen MR) is 113 cm³/mol. The third-order valence-corrected chi connectivity index (χ3v) is 5.74. The maximum absolute atomic E-state index is 12.8. The van der Waals surface area contributed by atoms with Gasteiger partial charge >= 0.3 is 0 Å². The highest BCUT2D eigenvalue weighted by Gasteiger charge is 2.31. The molecule has 1 atom stereocenters. The summed E-state index contributed by atoms with van der Waals surface area (Å²) in [4.78, 5) is 32.0. The fourth-order valence-corrected chi connectivity index (χ4v) is 4.07. The van der Waals surface area contributed by atoms with E-state index >= 15 is 0 Å². The Balaban J connectivity index is 1.44. The molecular formula is C22H18N4O3S. The van der Waals surface area contributed by atoms with Gasteiger partial charge in [0.2, 0.25) is 0 Å². The molecule has 0 saturated carbocycles. The first-order valence-corrected chi connectivity index (χ1v) is 10.1. The first-order valence-electron chi connectivity index (χ1n) is 9.29. The first kappa shape index (κ1) is 19.6. The van der Waals surface area contributed by atoms with Crippen LogP contribution in [-0.4, -0.2) is 36.5 Å². The number of hydrogen-bond acceptors (Lipinski definition) is 6. The van der Waals surface area contributed by atoms with Crippen molar-refractivity contribution >= 4 is 28.8 Å². The molecule has 0 aliphatic carbocycles. The minimum Gasteiger partial charge on any atom is -0.489 e. The molecule has 0 unspecified atom stereocenters. The van der Waals surface area contributed by atoms with Crippen molar-refractivity contribution in [1.82, 2.24) is 10.3 Å². The molecule has 1 N–H and O–H groups in total. The highest BCUT2D eigenvalue weighted by Crippen LogP contribution is 2.30. The van der Waals surface area contributed by atoms with Crippen LogP contribution in [0.3, 0.4) is 0 Å². The number of para-hydroxylation sites is 2. The monoisotopic (exact) mass is 418 g/mol. The molecule has 7 nitrogen and oxygen atoms in total. The van der Waals surface area contributed by atoms with Crippen molar-refractivity contribution in [2.75, 3.05) is 18.6 Å². The molecule has 0 bridgehead atoms. The van der Waals surface area contributed by atoms with E-state index in [0.29, 0.717) is 23.4 Å². The number of ether oxygens (including phenoxy) is 1. The van der Waals surface area contributed by atoms with Gasteiger partial charge in [-0.3, -0.25) is 9.59 Å². The maximum Gasteiger partial charge on any atom is 0.281 e. The van der Waals surface area contributed by atoms with E-state index in [4.69, 9.17) is 10.00 Å². The van der Waals surface area contributed by atoms with E-state index in [0.717, 1.165) is 10.4 Å². The smallest absolute Gasteiger partial charge is 0.281 e. The van der Waals surface area contributed by atoms with Gasteiger partial charge in [-0.15, -0.1) is 11.3 Å². The van der Waals surface area contributed by atoms with Gasteiger partial charge in [-0.2, -0.15) is 5.26 Å². The topological polar surface area (TPSA) is 95.3 Å². The van der Waals surface area contributed by atoms with E-state index in [1.165, 1.54) is 16.2 Å². The van der Waals surface area contributed by atoms with Gasteiger partial charge in [0, 0.05) is 24.5 Å². The van der Waals surface area contributed by atoms with Crippen molar-refractivity contribution in [3.63, 3.8) is 0 Å². The quantitative estimate of drug-likeness (QED) is 0.703. The number of likely N-dealkylation sites (N-methyl/N-ethyl adjacent to an activating group) is 1. The molecule has 2 amide bonds. The van der Waals surface area contributed by atoms with E-state index in [2.05, 4.69) is 16.4 Å². The molecule has 2 heterocycles. The number of rotatable bonds is 4. The minimum absolute atomic E-state index is 0.0467. The van der Waals surface area contributed by atoms with Crippen LogP contribution >= 0.6 is 11.3 Å². The summed E-state index contributed by atoms with van der Waals surface area (Å²) in [5, 5.41) is 12.0. The zero-order valence-corrected chi connectivity index (χ0v) is 17.0. The van der Waals surface area contributed by atoms with Gasteiger partial charge in [0.25, 0.3) is 11.8 Å². The number of nitrogens with one attached hydrogen (secondary N) is 1. The summed E-state index contributed by atoms with van der Waals surface area (Å²) in [5.41, 5.74) is 2.22. The number of hydrogen-bond donors (Lipinski definition) is 1. The molecular weight excluding hydrogens is 400 g/mol. The second-order valence-electron chi connectivity index (χ2n) is 6.82. The van der Waals surface area contributed by atoms with Crippen LogP contribution in [0, 0.1) is 11.3 Å². The number of nitrogens with zero attached hydrogens (tertiary/aromatic N) is 3. The predicted octanol–water partition coefficient (Wildman–Crippen LogP) is 2.76. The minimum atomic E-state index is -0.811. The van der Waals surface area contributed by atoms with E-state index in [1.54, 1.807) is 31.4 Å². The molecule has 8 heteroatoms. The summed E-state index contributed by atoms with van der Waals surface area (Å²) in [6, 6.07) is 15.9. The van der Waals surface area contributed by atoms with Gasteiger partial charge in [0.1, 0.15) is 18.4 Å². The van der Waals surface area contributed by atoms with Crippen molar-refractivity contribution in [3.05, 3.63) is 75.7 Å². The van der Waals surface area contributed by atoms with Crippen molar-refractivity contribution in [1.29, 1.82) is 5.26 Å². The molecule has 0 saturated heterocycles. The van der Waals surface area contributed by atoms with Crippen molar-refractivity contribution in [2.45, 2.75) is 12.5 Å². The lowest BCUT2D eigenvalue weighted by molar-refractivity contribution is -0.120. The Morgan fingerprint density at radius 3 is 3.00 bits per heavy atom. The number of amides is 2. The van der Waals surface area contributed by atoms with Crippen LogP contribution in [0.1, 0.15) is 25.8 Å². The number of fused-ring (bicyclic) bond motifs is 1. The fourth-order valence-electron chi connectivity index (χ4n) is 3.22. The lowest BCUT2D eigenvalue weighted by Gasteiger charge is -2.19. The molecule has 0 spiro atoms. The van der Waals surface area contributed by atoms with Gasteiger partial charge in [0.05, 0.1) is 17.3 Å². The summed E-state index contributed by atoms with van der Waals surface area (Å²) >= 11 is 1.26. The zero-order valence-electron chi connectivity index (χ0n) is 16.2. The van der Waals surface area contributed by atoms with Crippen LogP contribution in [-0.2, 0) is 11.2 Å². The van der Waals surface area contributed by atoms with E-state index in [9.17, 15) is 9.59 Å². The Bertz CT molecular complexity index is 1150. The van der Waals surface area contributed by atoms with Crippen LogP contribution in [0.4, 0.5) is 5.69 Å². The molecule has 1 aliphatic heterocycles. The molecule has 1 aliphatic rings. The normalized spacial score (nSPS) is 15.5. The number of aromatic nitrogens is 1. The van der Waals surface area contributed by atoms with Gasteiger partial charge in [-0.05, 0) is 29.8 Å². The number of thiazole rings is 1. The Morgan fingerprint density at radius 1 is 1.33 bits per heavy atom. The highest BCUT2D eigenvalue weighted by atomic mass is 32.1. The average molecular weight is 418 g/mol. The van der Waals surface area contributed by atoms with E-state index < -0.39 is 11.9 Å². The number of anilines is 1. The van der Waals surface area contributed by atoms with Gasteiger partial charge in [-0.25, -0.2) is 4.98 Å². The van der Waals surface area contributed by atoms with Crippen molar-refractivity contribution in [3.8, 4) is 11.8 Å². The number of carbonyl (C=O) groups excluding carboxylic acids is 2. The Labute approximate surface area is 177 Å². The fraction of sp³-hybridized carbons (Fsp3) is 0.182. The highest BCUT2D eigenvalue weighted by molar-refractivity contribution is 7.13. The number of benzene rings is 2. The lowest BCUT2D eigenvalue weighted by atomic mass is 10.1. The van der Waals surface area contributed by atoms with Crippen molar-refractivity contribution < 1.29 is 14.3 Å². The molecule has 4 rings (SSSR count). The summed E-state index contributed by atoms with van der Waals surface area (Å²) < 4.78 is 5.72. The Hall–Kier alpha value is -3.70. The molecule has 0 fully saturated rings. The van der Waals surface area contributed by atoms with Crippen LogP contribution in [0.5, 0.6) is 5.75 Å². The van der Waals surface area contributed by atoms with Gasteiger partial charge in [-0.1, -0.05) is 24.3 Å². The number of nitriles is 1. The molecule has 3 aromatic rings. The summed E-state index contributed by atoms with van der Waals surface area (Å²) in [5.74, 6) is -0.0713. The van der Waals surface area contributed by atoms with Crippen molar-refractivity contribution in [2.24, 2.45) is 0 Å². The van der Waals surface area contributed by atoms with Gasteiger partial charge < -0.3 is 15.0 Å². The molecule has 2 aromatic carbocycles. The second kappa shape index (κ2) is 8.35. The van der Waals surface area contributed by atoms with Crippen LogP contribution < -0.4 is 15.0 Å². The molecule has 1 aromatic heterocycles. The largest absolute Gasteiger partial charge is 0.489 e. The summed E-state index contributed by atoms with van der Waals surface area (Å²) in [6.07, 6.45) is 2.22. The first-order chi connectivity index (χ1) is 14.5. The zero-order chi connectivity index (χ0) is 21.1. The standard InChI is InChI=1S/C22H18N4O3S/c1-26-18-7-2-3-8-19(18)29-13-17(22(26)28)25-20(27)21-24-12-16(30-21)10-14-5-4-6-15(9-14)11-23/h2-9,12,17H,10,13H2,1H3,(H,25,27)/t17-/m0/s1. The average Bonchev–Trinajstić information content (AvgIpc) is 3.20. The lowest BCUT2D eigenvalue weighted by Crippen LogP contribution is -2.49. The van der Waals surface area contributed by atoms with E-state index in [1.807, 2.05) is 30.3 Å². The summed E-state index contributed by atoms with van der Waals surface area (Å²) in [6.45, 7) is 0.0467. The van der Waals surface area contributed by atoms with Crippen LogP contribution in [0.2, 0.25) is 0 Å². The van der Waals surface area contributed by atoms with Crippen LogP contribution in [0.25, 0.3) is 0 Å². The third-order valence-electron chi connectivity index (χ3n) is 4.75. The third kappa shape index (κ3) is 4.02. The Kier molecular flexibility index (Phi) is 5.46. The molecule has 0 radical (unpaired) electrons. The SMILES string of the molecule is CN1C(=O)[C@@H](NC(=O)c2ncc(Cc3cccc(C#N)c3)s2)COc2ccccc21. The molecule has 150 valence electrons. The van der Waals surface area contributed by atoms with Crippen LogP contribution in [0.15, 0.2) is 54.7 Å².